The minimum Gasteiger partial charge on any atom is -0.491 e. The molecule has 9 heteroatoms. The maximum absolute atomic E-state index is 10.2. The minimum atomic E-state index is -0.557. The van der Waals surface area contributed by atoms with Gasteiger partial charge in [0.25, 0.3) is 0 Å². The zero-order valence-corrected chi connectivity index (χ0v) is 17.6. The Bertz CT molecular complexity index is 524. The normalized spacial score (nSPS) is 20.5. The van der Waals surface area contributed by atoms with E-state index in [1.165, 1.54) is 0 Å². The van der Waals surface area contributed by atoms with Crippen molar-refractivity contribution in [2.45, 2.75) is 12.2 Å². The molecule has 1 aromatic carbocycles. The first-order valence-electron chi connectivity index (χ1n) is 10.0. The van der Waals surface area contributed by atoms with Crippen molar-refractivity contribution in [3.05, 3.63) is 24.3 Å². The second-order valence-electron chi connectivity index (χ2n) is 7.23. The first-order chi connectivity index (χ1) is 13.7. The Morgan fingerprint density at radius 1 is 0.793 bits per heavy atom. The number of morpholine rings is 2. The van der Waals surface area contributed by atoms with Crippen LogP contribution in [0.2, 0.25) is 0 Å². The van der Waals surface area contributed by atoms with E-state index in [4.69, 9.17) is 18.9 Å². The number of β-amino-alcohol motifs (C(OH)–C–C–N with tert-alkyl or cyclic N) is 2. The molecule has 2 heterocycles. The zero-order valence-electron chi connectivity index (χ0n) is 16.8. The molecule has 1 aromatic rings. The molecule has 29 heavy (non-hydrogen) atoms. The lowest BCUT2D eigenvalue weighted by molar-refractivity contribution is 0.00409. The van der Waals surface area contributed by atoms with Crippen LogP contribution in [0.4, 0.5) is 0 Å². The zero-order chi connectivity index (χ0) is 19.6. The maximum atomic E-state index is 10.2. The lowest BCUT2D eigenvalue weighted by atomic mass is 10.3. The summed E-state index contributed by atoms with van der Waals surface area (Å²) in [5, 5.41) is 20.4. The highest BCUT2D eigenvalue weighted by Gasteiger charge is 2.16. The van der Waals surface area contributed by atoms with Gasteiger partial charge in [0.1, 0.15) is 36.9 Å². The standard InChI is InChI=1S/C20H32N2O6.ClH/c23-17(13-21-4-8-25-9-5-21)15-27-19-2-1-3-20(12-19)28-16-18(24)14-22-6-10-26-11-7-22;/h1-3,12,17-18,23-24H,4-11,13-16H2;1H. The van der Waals surface area contributed by atoms with Crippen molar-refractivity contribution in [2.24, 2.45) is 0 Å². The molecule has 0 radical (unpaired) electrons. The number of aliphatic hydroxyl groups is 2. The summed E-state index contributed by atoms with van der Waals surface area (Å²) in [7, 11) is 0. The maximum Gasteiger partial charge on any atom is 0.123 e. The third-order valence-electron chi connectivity index (χ3n) is 4.84. The van der Waals surface area contributed by atoms with Crippen LogP contribution < -0.4 is 9.47 Å². The van der Waals surface area contributed by atoms with Gasteiger partial charge < -0.3 is 29.2 Å². The molecule has 0 spiro atoms. The molecule has 2 N–H and O–H groups in total. The van der Waals surface area contributed by atoms with Gasteiger partial charge in [0.05, 0.1) is 26.4 Å². The SMILES string of the molecule is Cl.OC(COc1cccc(OCC(O)CN2CCOCC2)c1)CN1CCOCC1. The predicted octanol–water partition coefficient (Wildman–Crippen LogP) is 0.252. The van der Waals surface area contributed by atoms with Crippen molar-refractivity contribution in [3.63, 3.8) is 0 Å². The van der Waals surface area contributed by atoms with Crippen molar-refractivity contribution in [2.75, 3.05) is 78.9 Å². The number of ether oxygens (including phenoxy) is 4. The molecule has 0 aromatic heterocycles. The number of halogens is 1. The molecule has 166 valence electrons. The average molecular weight is 433 g/mol. The summed E-state index contributed by atoms with van der Waals surface area (Å²) < 4.78 is 22.0. The summed E-state index contributed by atoms with van der Waals surface area (Å²) in [5.41, 5.74) is 0. The third-order valence-corrected chi connectivity index (χ3v) is 4.84. The molecule has 2 unspecified atom stereocenters. The van der Waals surface area contributed by atoms with Crippen LogP contribution in [-0.2, 0) is 9.47 Å². The van der Waals surface area contributed by atoms with Crippen LogP contribution in [0.1, 0.15) is 0 Å². The van der Waals surface area contributed by atoms with Crippen LogP contribution in [0.3, 0.4) is 0 Å². The summed E-state index contributed by atoms with van der Waals surface area (Å²) in [6.45, 7) is 7.81. The molecular formula is C20H33ClN2O6. The largest absolute Gasteiger partial charge is 0.491 e. The molecule has 2 saturated heterocycles. The van der Waals surface area contributed by atoms with Gasteiger partial charge in [-0.05, 0) is 12.1 Å². The monoisotopic (exact) mass is 432 g/mol. The van der Waals surface area contributed by atoms with Crippen LogP contribution >= 0.6 is 12.4 Å². The Balaban J connectivity index is 0.00000300. The van der Waals surface area contributed by atoms with Crippen LogP contribution in [0.15, 0.2) is 24.3 Å². The molecular weight excluding hydrogens is 400 g/mol. The molecule has 0 saturated carbocycles. The molecule has 0 amide bonds. The van der Waals surface area contributed by atoms with Gasteiger partial charge in [-0.1, -0.05) is 6.07 Å². The Morgan fingerprint density at radius 2 is 1.21 bits per heavy atom. The highest BCUT2D eigenvalue weighted by Crippen LogP contribution is 2.20. The fraction of sp³-hybridized carbons (Fsp3) is 0.700. The van der Waals surface area contributed by atoms with Crippen LogP contribution in [0, 0.1) is 0 Å². The lowest BCUT2D eigenvalue weighted by Crippen LogP contribution is -2.42. The topological polar surface area (TPSA) is 83.9 Å². The molecule has 2 aliphatic rings. The van der Waals surface area contributed by atoms with Gasteiger partial charge in [0.2, 0.25) is 0 Å². The molecule has 0 aliphatic carbocycles. The first-order valence-corrected chi connectivity index (χ1v) is 10.0. The van der Waals surface area contributed by atoms with Crippen LogP contribution in [0.25, 0.3) is 0 Å². The van der Waals surface area contributed by atoms with E-state index in [0.717, 1.165) is 26.2 Å². The quantitative estimate of drug-likeness (QED) is 0.544. The number of hydrogen-bond acceptors (Lipinski definition) is 8. The first kappa shape index (κ1) is 24.1. The molecule has 8 nitrogen and oxygen atoms in total. The highest BCUT2D eigenvalue weighted by molar-refractivity contribution is 5.85. The van der Waals surface area contributed by atoms with Crippen LogP contribution in [0.5, 0.6) is 11.5 Å². The van der Waals surface area contributed by atoms with Gasteiger partial charge in [0, 0.05) is 45.3 Å². The Labute approximate surface area is 178 Å². The van der Waals surface area contributed by atoms with E-state index in [0.29, 0.717) is 51.0 Å². The van der Waals surface area contributed by atoms with Gasteiger partial charge in [-0.2, -0.15) is 0 Å². The number of hydrogen-bond donors (Lipinski definition) is 2. The molecule has 3 rings (SSSR count). The predicted molar refractivity (Wildman–Crippen MR) is 111 cm³/mol. The van der Waals surface area contributed by atoms with Gasteiger partial charge in [-0.25, -0.2) is 0 Å². The summed E-state index contributed by atoms with van der Waals surface area (Å²) >= 11 is 0. The summed E-state index contributed by atoms with van der Waals surface area (Å²) in [4.78, 5) is 4.35. The smallest absolute Gasteiger partial charge is 0.123 e. The van der Waals surface area contributed by atoms with Gasteiger partial charge in [-0.15, -0.1) is 12.4 Å². The van der Waals surface area contributed by atoms with Gasteiger partial charge in [-0.3, -0.25) is 9.80 Å². The second-order valence-corrected chi connectivity index (χ2v) is 7.23. The van der Waals surface area contributed by atoms with E-state index in [9.17, 15) is 10.2 Å². The minimum absolute atomic E-state index is 0. The molecule has 0 bridgehead atoms. The second kappa shape index (κ2) is 13.2. The molecule has 2 aliphatic heterocycles. The summed E-state index contributed by atoms with van der Waals surface area (Å²) in [6, 6.07) is 7.28. The van der Waals surface area contributed by atoms with Gasteiger partial charge >= 0.3 is 0 Å². The number of aliphatic hydroxyl groups excluding tert-OH is 2. The Kier molecular flexibility index (Phi) is 11.0. The van der Waals surface area contributed by atoms with Gasteiger partial charge in [0.15, 0.2) is 0 Å². The molecule has 2 fully saturated rings. The van der Waals surface area contributed by atoms with E-state index in [1.807, 2.05) is 18.2 Å². The fourth-order valence-corrected chi connectivity index (χ4v) is 3.31. The van der Waals surface area contributed by atoms with Crippen molar-refractivity contribution in [1.29, 1.82) is 0 Å². The number of benzene rings is 1. The Morgan fingerprint density at radius 3 is 1.62 bits per heavy atom. The molecule has 2 atom stereocenters. The fourth-order valence-electron chi connectivity index (χ4n) is 3.31. The number of rotatable bonds is 10. The van der Waals surface area contributed by atoms with E-state index in [-0.39, 0.29) is 25.6 Å². The van der Waals surface area contributed by atoms with E-state index in [1.54, 1.807) is 6.07 Å². The van der Waals surface area contributed by atoms with Crippen molar-refractivity contribution >= 4 is 12.4 Å². The van der Waals surface area contributed by atoms with Crippen molar-refractivity contribution < 1.29 is 29.2 Å². The lowest BCUT2D eigenvalue weighted by Gasteiger charge is -2.28. The van der Waals surface area contributed by atoms with Crippen molar-refractivity contribution in [1.82, 2.24) is 9.80 Å². The van der Waals surface area contributed by atoms with Crippen LogP contribution in [-0.4, -0.2) is 111 Å². The third kappa shape index (κ3) is 9.04. The summed E-state index contributed by atoms with van der Waals surface area (Å²) in [5.74, 6) is 1.28. The number of nitrogens with zero attached hydrogens (tertiary/aromatic N) is 2. The van der Waals surface area contributed by atoms with E-state index < -0.39 is 12.2 Å². The van der Waals surface area contributed by atoms with Crippen molar-refractivity contribution in [3.8, 4) is 11.5 Å². The average Bonchev–Trinajstić information content (AvgIpc) is 2.73. The highest BCUT2D eigenvalue weighted by atomic mass is 35.5. The van der Waals surface area contributed by atoms with E-state index >= 15 is 0 Å². The van der Waals surface area contributed by atoms with E-state index in [2.05, 4.69) is 9.80 Å². The summed E-state index contributed by atoms with van der Waals surface area (Å²) in [6.07, 6.45) is -1.11. The Hall–Kier alpha value is -1.13.